The monoisotopic (exact) mass is 280 g/mol. The number of hydrogen-bond donors (Lipinski definition) is 0. The Labute approximate surface area is 121 Å². The lowest BCUT2D eigenvalue weighted by atomic mass is 9.99. The number of ether oxygens (including phenoxy) is 1. The Bertz CT molecular complexity index is 824. The Morgan fingerprint density at radius 3 is 2.43 bits per heavy atom. The molecule has 0 aliphatic rings. The fourth-order valence-corrected chi connectivity index (χ4v) is 2.29. The van der Waals surface area contributed by atoms with Crippen LogP contribution in [-0.2, 0) is 0 Å². The summed E-state index contributed by atoms with van der Waals surface area (Å²) in [6.07, 6.45) is 0. The van der Waals surface area contributed by atoms with Gasteiger partial charge in [0, 0.05) is 11.6 Å². The van der Waals surface area contributed by atoms with E-state index >= 15 is 0 Å². The highest BCUT2D eigenvalue weighted by Gasteiger charge is 2.15. The van der Waals surface area contributed by atoms with Crippen molar-refractivity contribution in [3.63, 3.8) is 0 Å². The van der Waals surface area contributed by atoms with Gasteiger partial charge in [-0.3, -0.25) is 4.79 Å². The van der Waals surface area contributed by atoms with E-state index in [4.69, 9.17) is 4.74 Å². The zero-order valence-electron chi connectivity index (χ0n) is 11.5. The van der Waals surface area contributed by atoms with Gasteiger partial charge in [0.1, 0.15) is 11.6 Å². The summed E-state index contributed by atoms with van der Waals surface area (Å²) in [4.78, 5) is 12.4. The molecule has 21 heavy (non-hydrogen) atoms. The molecule has 0 aromatic heterocycles. The second-order valence-corrected chi connectivity index (χ2v) is 4.74. The van der Waals surface area contributed by atoms with Crippen LogP contribution in [0.5, 0.6) is 5.75 Å². The smallest absolute Gasteiger partial charge is 0.195 e. The summed E-state index contributed by atoms with van der Waals surface area (Å²) in [6, 6.07) is 17.3. The van der Waals surface area contributed by atoms with Crippen LogP contribution in [0.2, 0.25) is 0 Å². The predicted octanol–water partition coefficient (Wildman–Crippen LogP) is 4.22. The molecule has 0 saturated heterocycles. The van der Waals surface area contributed by atoms with E-state index < -0.39 is 5.82 Å². The molecule has 3 aromatic carbocycles. The van der Waals surface area contributed by atoms with Crippen molar-refractivity contribution in [1.29, 1.82) is 0 Å². The SMILES string of the molecule is COc1ccc(C(=O)c2ccc3ccccc3c2)c(F)c1. The molecule has 2 nitrogen and oxygen atoms in total. The van der Waals surface area contributed by atoms with Gasteiger partial charge >= 0.3 is 0 Å². The number of carbonyl (C=O) groups is 1. The maximum atomic E-state index is 14.0. The van der Waals surface area contributed by atoms with E-state index in [-0.39, 0.29) is 11.3 Å². The molecule has 0 amide bonds. The number of halogens is 1. The van der Waals surface area contributed by atoms with Gasteiger partial charge in [0.2, 0.25) is 0 Å². The largest absolute Gasteiger partial charge is 0.497 e. The van der Waals surface area contributed by atoms with Gasteiger partial charge in [-0.2, -0.15) is 0 Å². The van der Waals surface area contributed by atoms with Gasteiger partial charge in [-0.05, 0) is 29.0 Å². The second kappa shape index (κ2) is 5.37. The van der Waals surface area contributed by atoms with Crippen molar-refractivity contribution >= 4 is 16.6 Å². The van der Waals surface area contributed by atoms with Crippen molar-refractivity contribution in [3.05, 3.63) is 77.6 Å². The van der Waals surface area contributed by atoms with Crippen LogP contribution in [0.4, 0.5) is 4.39 Å². The van der Waals surface area contributed by atoms with E-state index in [1.807, 2.05) is 30.3 Å². The molecule has 0 heterocycles. The van der Waals surface area contributed by atoms with Gasteiger partial charge in [0.25, 0.3) is 0 Å². The minimum absolute atomic E-state index is 0.0473. The maximum Gasteiger partial charge on any atom is 0.195 e. The van der Waals surface area contributed by atoms with Crippen molar-refractivity contribution in [1.82, 2.24) is 0 Å². The van der Waals surface area contributed by atoms with E-state index in [0.29, 0.717) is 11.3 Å². The topological polar surface area (TPSA) is 26.3 Å². The number of fused-ring (bicyclic) bond motifs is 1. The molecule has 0 spiro atoms. The average molecular weight is 280 g/mol. The summed E-state index contributed by atoms with van der Waals surface area (Å²) in [5.41, 5.74) is 0.517. The summed E-state index contributed by atoms with van der Waals surface area (Å²) >= 11 is 0. The third-order valence-corrected chi connectivity index (χ3v) is 3.43. The molecule has 0 radical (unpaired) electrons. The van der Waals surface area contributed by atoms with E-state index in [9.17, 15) is 9.18 Å². The van der Waals surface area contributed by atoms with Crippen LogP contribution in [0.15, 0.2) is 60.7 Å². The van der Waals surface area contributed by atoms with Crippen LogP contribution < -0.4 is 4.74 Å². The Morgan fingerprint density at radius 1 is 0.952 bits per heavy atom. The molecule has 0 fully saturated rings. The van der Waals surface area contributed by atoms with Gasteiger partial charge in [-0.15, -0.1) is 0 Å². The quantitative estimate of drug-likeness (QED) is 0.671. The van der Waals surface area contributed by atoms with E-state index in [1.165, 1.54) is 19.2 Å². The van der Waals surface area contributed by atoms with Crippen LogP contribution >= 0.6 is 0 Å². The highest BCUT2D eigenvalue weighted by atomic mass is 19.1. The molecular weight excluding hydrogens is 267 g/mol. The van der Waals surface area contributed by atoms with E-state index in [0.717, 1.165) is 10.8 Å². The summed E-state index contributed by atoms with van der Waals surface area (Å²) in [6.45, 7) is 0. The van der Waals surface area contributed by atoms with Crippen LogP contribution in [0.3, 0.4) is 0 Å². The van der Waals surface area contributed by atoms with Crippen molar-refractivity contribution in [2.24, 2.45) is 0 Å². The normalized spacial score (nSPS) is 10.6. The van der Waals surface area contributed by atoms with Crippen molar-refractivity contribution in [2.75, 3.05) is 7.11 Å². The van der Waals surface area contributed by atoms with E-state index in [2.05, 4.69) is 0 Å². The summed E-state index contributed by atoms with van der Waals surface area (Å²) in [7, 11) is 1.46. The Hall–Kier alpha value is -2.68. The standard InChI is InChI=1S/C18H13FO2/c1-21-15-8-9-16(17(19)11-15)18(20)14-7-6-12-4-2-3-5-13(12)10-14/h2-11H,1H3. The van der Waals surface area contributed by atoms with Gasteiger partial charge in [-0.25, -0.2) is 4.39 Å². The fourth-order valence-electron chi connectivity index (χ4n) is 2.29. The molecule has 0 unspecified atom stereocenters. The first-order valence-electron chi connectivity index (χ1n) is 6.56. The number of carbonyl (C=O) groups excluding carboxylic acids is 1. The van der Waals surface area contributed by atoms with Crippen molar-refractivity contribution in [2.45, 2.75) is 0 Å². The molecule has 104 valence electrons. The fraction of sp³-hybridized carbons (Fsp3) is 0.0556. The number of ketones is 1. The van der Waals surface area contributed by atoms with Crippen LogP contribution in [0.1, 0.15) is 15.9 Å². The summed E-state index contributed by atoms with van der Waals surface area (Å²) in [5.74, 6) is -0.518. The highest BCUT2D eigenvalue weighted by Crippen LogP contribution is 2.22. The van der Waals surface area contributed by atoms with Crippen LogP contribution in [0.25, 0.3) is 10.8 Å². The first kappa shape index (κ1) is 13.3. The molecule has 0 atom stereocenters. The number of rotatable bonds is 3. The van der Waals surface area contributed by atoms with Gasteiger partial charge in [0.05, 0.1) is 12.7 Å². The average Bonchev–Trinajstić information content (AvgIpc) is 2.53. The second-order valence-electron chi connectivity index (χ2n) is 4.74. The first-order chi connectivity index (χ1) is 10.2. The third kappa shape index (κ3) is 2.50. The summed E-state index contributed by atoms with van der Waals surface area (Å²) < 4.78 is 18.9. The van der Waals surface area contributed by atoms with Gasteiger partial charge < -0.3 is 4.74 Å². The molecule has 0 saturated carbocycles. The molecule has 0 N–H and O–H groups in total. The minimum atomic E-state index is -0.576. The van der Waals surface area contributed by atoms with Gasteiger partial charge in [-0.1, -0.05) is 36.4 Å². The van der Waals surface area contributed by atoms with Gasteiger partial charge in [0.15, 0.2) is 5.78 Å². The van der Waals surface area contributed by atoms with Crippen molar-refractivity contribution < 1.29 is 13.9 Å². The minimum Gasteiger partial charge on any atom is -0.497 e. The molecule has 0 aliphatic heterocycles. The third-order valence-electron chi connectivity index (χ3n) is 3.43. The Balaban J connectivity index is 2.03. The lowest BCUT2D eigenvalue weighted by molar-refractivity contribution is 0.103. The molecule has 3 rings (SSSR count). The lowest BCUT2D eigenvalue weighted by Crippen LogP contribution is -2.04. The molecule has 0 bridgehead atoms. The van der Waals surface area contributed by atoms with Crippen LogP contribution in [-0.4, -0.2) is 12.9 Å². The van der Waals surface area contributed by atoms with Crippen LogP contribution in [0, 0.1) is 5.82 Å². The number of benzene rings is 3. The Kier molecular flexibility index (Phi) is 3.40. The predicted molar refractivity (Wildman–Crippen MR) is 80.3 cm³/mol. The molecule has 3 aromatic rings. The lowest BCUT2D eigenvalue weighted by Gasteiger charge is -2.06. The first-order valence-corrected chi connectivity index (χ1v) is 6.56. The molecule has 0 aliphatic carbocycles. The summed E-state index contributed by atoms with van der Waals surface area (Å²) in [5, 5.41) is 2.00. The molecule has 3 heteroatoms. The zero-order chi connectivity index (χ0) is 14.8. The highest BCUT2D eigenvalue weighted by molar-refractivity contribution is 6.10. The van der Waals surface area contributed by atoms with E-state index in [1.54, 1.807) is 18.2 Å². The van der Waals surface area contributed by atoms with Crippen molar-refractivity contribution in [3.8, 4) is 5.75 Å². The molecular formula is C18H13FO2. The Morgan fingerprint density at radius 2 is 1.71 bits per heavy atom. The zero-order valence-corrected chi connectivity index (χ0v) is 11.5. The number of methoxy groups -OCH3 is 1. The number of hydrogen-bond acceptors (Lipinski definition) is 2. The maximum absolute atomic E-state index is 14.0.